The maximum Gasteiger partial charge on any atom is 0.417 e. The minimum absolute atomic E-state index is 0.0771. The van der Waals surface area contributed by atoms with Crippen molar-refractivity contribution in [1.82, 2.24) is 0 Å². The number of alkyl halides is 6. The molecule has 11 heteroatoms. The summed E-state index contributed by atoms with van der Waals surface area (Å²) in [5.74, 6) is -1.24. The second-order valence-corrected chi connectivity index (χ2v) is 8.23. The lowest BCUT2D eigenvalue weighted by molar-refractivity contribution is -0.141. The number of anilines is 2. The molecule has 2 aromatic rings. The van der Waals surface area contributed by atoms with Gasteiger partial charge in [0.15, 0.2) is 0 Å². The van der Waals surface area contributed by atoms with Gasteiger partial charge in [-0.3, -0.25) is 9.69 Å². The van der Waals surface area contributed by atoms with E-state index in [0.29, 0.717) is 18.1 Å². The van der Waals surface area contributed by atoms with Gasteiger partial charge in [-0.25, -0.2) is 4.79 Å². The van der Waals surface area contributed by atoms with Crippen molar-refractivity contribution < 1.29 is 40.7 Å². The van der Waals surface area contributed by atoms with Gasteiger partial charge in [-0.2, -0.15) is 26.3 Å². The van der Waals surface area contributed by atoms with Crippen molar-refractivity contribution in [2.45, 2.75) is 52.5 Å². The molecule has 0 N–H and O–H groups in total. The highest BCUT2D eigenvalue weighted by molar-refractivity contribution is 6.11. The van der Waals surface area contributed by atoms with E-state index in [2.05, 4.69) is 0 Å². The minimum Gasteiger partial charge on any atom is -0.449 e. The monoisotopic (exact) mass is 502 g/mol. The van der Waals surface area contributed by atoms with Gasteiger partial charge in [-0.1, -0.05) is 6.92 Å². The highest BCUT2D eigenvalue weighted by Gasteiger charge is 2.42. The molecule has 2 amide bonds. The van der Waals surface area contributed by atoms with Crippen molar-refractivity contribution in [2.75, 3.05) is 23.0 Å². The SMILES string of the molecule is CCOC(=O)N1c2cc(C)c(C)cc2N(C(=O)c2cc(C(F)(F)F)ccc2C(F)(F)F)CC1CC. The van der Waals surface area contributed by atoms with E-state index in [1.54, 1.807) is 33.8 Å². The summed E-state index contributed by atoms with van der Waals surface area (Å²) in [6.07, 6.45) is -10.4. The summed E-state index contributed by atoms with van der Waals surface area (Å²) < 4.78 is 86.1. The number of ether oxygens (including phenoxy) is 1. The van der Waals surface area contributed by atoms with Crippen LogP contribution in [0.2, 0.25) is 0 Å². The normalized spacial score (nSPS) is 16.2. The topological polar surface area (TPSA) is 49.9 Å². The highest BCUT2D eigenvalue weighted by atomic mass is 19.4. The third kappa shape index (κ3) is 5.08. The first kappa shape index (κ1) is 26.4. The van der Waals surface area contributed by atoms with Gasteiger partial charge in [-0.15, -0.1) is 0 Å². The molecular weight excluding hydrogens is 478 g/mol. The molecule has 0 aromatic heterocycles. The highest BCUT2D eigenvalue weighted by Crippen LogP contribution is 2.42. The van der Waals surface area contributed by atoms with Gasteiger partial charge >= 0.3 is 18.4 Å². The standard InChI is InChI=1S/C24H24F6N2O3/c1-5-16-12-31(19-9-13(3)14(4)10-20(19)32(16)22(34)35-6-2)21(33)17-11-15(23(25,26)27)7-8-18(17)24(28,29)30/h7-11,16H,5-6,12H2,1-4H3. The fraction of sp³-hybridized carbons (Fsp3) is 0.417. The van der Waals surface area contributed by atoms with Crippen molar-refractivity contribution in [3.8, 4) is 0 Å². The fourth-order valence-corrected chi connectivity index (χ4v) is 4.02. The minimum atomic E-state index is -5.06. The number of aryl methyl sites for hydroxylation is 2. The summed E-state index contributed by atoms with van der Waals surface area (Å²) in [5.41, 5.74) is -2.18. The number of rotatable bonds is 3. The van der Waals surface area contributed by atoms with E-state index in [-0.39, 0.29) is 36.7 Å². The zero-order chi connectivity index (χ0) is 26.3. The number of halogens is 6. The third-order valence-corrected chi connectivity index (χ3v) is 5.96. The molecule has 0 aliphatic carbocycles. The Morgan fingerprint density at radius 3 is 2.06 bits per heavy atom. The zero-order valence-electron chi connectivity index (χ0n) is 19.5. The number of carbonyl (C=O) groups is 2. The molecule has 0 fully saturated rings. The number of hydrogen-bond acceptors (Lipinski definition) is 3. The van der Waals surface area contributed by atoms with Crippen molar-refractivity contribution in [1.29, 1.82) is 0 Å². The molecule has 0 saturated heterocycles. The van der Waals surface area contributed by atoms with E-state index < -0.39 is 47.1 Å². The zero-order valence-corrected chi connectivity index (χ0v) is 19.5. The number of hydrogen-bond donors (Lipinski definition) is 0. The molecule has 1 atom stereocenters. The molecule has 1 aliphatic heterocycles. The molecule has 190 valence electrons. The van der Waals surface area contributed by atoms with Crippen LogP contribution in [0.3, 0.4) is 0 Å². The molecule has 1 unspecified atom stereocenters. The first-order valence-electron chi connectivity index (χ1n) is 10.9. The van der Waals surface area contributed by atoms with Crippen LogP contribution in [0.25, 0.3) is 0 Å². The summed E-state index contributed by atoms with van der Waals surface area (Å²) in [6, 6.07) is 3.26. The maximum atomic E-state index is 13.7. The molecule has 2 aromatic carbocycles. The van der Waals surface area contributed by atoms with Crippen molar-refractivity contribution >= 4 is 23.4 Å². The Hall–Kier alpha value is -3.24. The first-order chi connectivity index (χ1) is 16.2. The molecule has 0 radical (unpaired) electrons. The van der Waals surface area contributed by atoms with Gasteiger partial charge in [0.2, 0.25) is 0 Å². The van der Waals surface area contributed by atoms with Crippen molar-refractivity contribution in [3.63, 3.8) is 0 Å². The lowest BCUT2D eigenvalue weighted by atomic mass is 9.97. The maximum absolute atomic E-state index is 13.7. The average Bonchev–Trinajstić information content (AvgIpc) is 2.77. The smallest absolute Gasteiger partial charge is 0.417 e. The Morgan fingerprint density at radius 2 is 1.54 bits per heavy atom. The molecule has 5 nitrogen and oxygen atoms in total. The van der Waals surface area contributed by atoms with Crippen LogP contribution in [0.15, 0.2) is 30.3 Å². The van der Waals surface area contributed by atoms with Gasteiger partial charge in [0.25, 0.3) is 5.91 Å². The molecule has 1 aliphatic rings. The van der Waals surface area contributed by atoms with E-state index >= 15 is 0 Å². The van der Waals surface area contributed by atoms with Crippen LogP contribution in [0.4, 0.5) is 42.5 Å². The first-order valence-corrected chi connectivity index (χ1v) is 10.9. The van der Waals surface area contributed by atoms with Crippen molar-refractivity contribution in [3.05, 3.63) is 58.1 Å². The van der Waals surface area contributed by atoms with E-state index in [1.807, 2.05) is 0 Å². The molecular formula is C24H24F6N2O3. The van der Waals surface area contributed by atoms with Crippen LogP contribution in [-0.2, 0) is 17.1 Å². The summed E-state index contributed by atoms with van der Waals surface area (Å²) >= 11 is 0. The van der Waals surface area contributed by atoms with Gasteiger partial charge in [0, 0.05) is 6.54 Å². The number of nitrogens with zero attached hydrogens (tertiary/aromatic N) is 2. The Morgan fingerprint density at radius 1 is 0.943 bits per heavy atom. The van der Waals surface area contributed by atoms with Gasteiger partial charge in [0.05, 0.1) is 40.7 Å². The van der Waals surface area contributed by atoms with Crippen LogP contribution in [0.1, 0.15) is 52.9 Å². The quantitative estimate of drug-likeness (QED) is 0.437. The summed E-state index contributed by atoms with van der Waals surface area (Å²) in [6.45, 7) is 6.66. The van der Waals surface area contributed by atoms with E-state index in [0.717, 1.165) is 10.5 Å². The fourth-order valence-electron chi connectivity index (χ4n) is 4.02. The molecule has 3 rings (SSSR count). The number of amides is 2. The van der Waals surface area contributed by atoms with Crippen LogP contribution >= 0.6 is 0 Å². The molecule has 0 bridgehead atoms. The number of benzene rings is 2. The van der Waals surface area contributed by atoms with Gasteiger partial charge in [-0.05, 0) is 68.7 Å². The molecule has 0 saturated carbocycles. The van der Waals surface area contributed by atoms with Gasteiger partial charge in [0.1, 0.15) is 0 Å². The second kappa shape index (κ2) is 9.43. The molecule has 35 heavy (non-hydrogen) atoms. The van der Waals surface area contributed by atoms with Gasteiger partial charge < -0.3 is 9.64 Å². The predicted molar refractivity (Wildman–Crippen MR) is 118 cm³/mol. The lowest BCUT2D eigenvalue weighted by Gasteiger charge is -2.42. The largest absolute Gasteiger partial charge is 0.449 e. The number of fused-ring (bicyclic) bond motifs is 1. The Balaban J connectivity index is 2.23. The summed E-state index contributed by atoms with van der Waals surface area (Å²) in [4.78, 5) is 28.6. The van der Waals surface area contributed by atoms with E-state index in [4.69, 9.17) is 4.74 Å². The Kier molecular flexibility index (Phi) is 7.10. The number of carbonyl (C=O) groups excluding carboxylic acids is 2. The van der Waals surface area contributed by atoms with Crippen LogP contribution < -0.4 is 9.80 Å². The molecule has 0 spiro atoms. The van der Waals surface area contributed by atoms with E-state index in [1.165, 1.54) is 11.0 Å². The van der Waals surface area contributed by atoms with Crippen LogP contribution in [0.5, 0.6) is 0 Å². The lowest BCUT2D eigenvalue weighted by Crippen LogP contribution is -2.53. The Bertz CT molecular complexity index is 1140. The Labute approximate surface area is 198 Å². The average molecular weight is 502 g/mol. The third-order valence-electron chi connectivity index (χ3n) is 5.96. The van der Waals surface area contributed by atoms with Crippen molar-refractivity contribution in [2.24, 2.45) is 0 Å². The predicted octanol–water partition coefficient (Wildman–Crippen LogP) is 6.74. The van der Waals surface area contributed by atoms with Crippen LogP contribution in [0, 0.1) is 13.8 Å². The summed E-state index contributed by atoms with van der Waals surface area (Å²) in [7, 11) is 0. The summed E-state index contributed by atoms with van der Waals surface area (Å²) in [5, 5.41) is 0. The molecule has 1 heterocycles. The second-order valence-electron chi connectivity index (χ2n) is 8.23. The van der Waals surface area contributed by atoms with Crippen LogP contribution in [-0.4, -0.2) is 31.2 Å². The van der Waals surface area contributed by atoms with E-state index in [9.17, 15) is 35.9 Å².